The topological polar surface area (TPSA) is 30.7 Å². The van der Waals surface area contributed by atoms with E-state index >= 15 is 0 Å². The molecule has 0 saturated carbocycles. The van der Waals surface area contributed by atoms with Crippen LogP contribution in [0.4, 0.5) is 0 Å². The zero-order chi connectivity index (χ0) is 10.1. The summed E-state index contributed by atoms with van der Waals surface area (Å²) in [7, 11) is 0. The summed E-state index contributed by atoms with van der Waals surface area (Å²) in [5.74, 6) is 0. The first kappa shape index (κ1) is 8.65. The molecular weight excluding hydrogens is 186 g/mol. The highest BCUT2D eigenvalue weighted by Gasteiger charge is 2.12. The molecule has 76 valence electrons. The maximum Gasteiger partial charge on any atom is 0.0888 e. The molecule has 0 unspecified atom stereocenters. The van der Waals surface area contributed by atoms with Crippen LogP contribution in [0.15, 0.2) is 30.5 Å². The minimum absolute atomic E-state index is 0.990. The molecule has 0 saturated heterocycles. The highest BCUT2D eigenvalue weighted by Crippen LogP contribution is 2.26. The lowest BCUT2D eigenvalue weighted by atomic mass is 9.98. The van der Waals surface area contributed by atoms with Gasteiger partial charge >= 0.3 is 0 Å². The van der Waals surface area contributed by atoms with Gasteiger partial charge in [0.15, 0.2) is 0 Å². The minimum atomic E-state index is 0.990. The summed E-state index contributed by atoms with van der Waals surface area (Å²) in [6.45, 7) is 0.990. The summed E-state index contributed by atoms with van der Waals surface area (Å²) >= 11 is 0. The first-order valence-corrected chi connectivity index (χ1v) is 5.42. The smallest absolute Gasteiger partial charge is 0.0888 e. The zero-order valence-corrected chi connectivity index (χ0v) is 8.56. The van der Waals surface area contributed by atoms with E-state index in [1.807, 2.05) is 10.9 Å². The van der Waals surface area contributed by atoms with Crippen LogP contribution in [-0.4, -0.2) is 15.0 Å². The second kappa shape index (κ2) is 3.50. The summed E-state index contributed by atoms with van der Waals surface area (Å²) < 4.78 is 2.01. The van der Waals surface area contributed by atoms with E-state index in [-0.39, 0.29) is 0 Å². The number of aryl methyl sites for hydroxylation is 2. The van der Waals surface area contributed by atoms with E-state index < -0.39 is 0 Å². The van der Waals surface area contributed by atoms with E-state index in [9.17, 15) is 0 Å². The lowest BCUT2D eigenvalue weighted by Crippen LogP contribution is -2.07. The van der Waals surface area contributed by atoms with Gasteiger partial charge in [0.05, 0.1) is 11.9 Å². The van der Waals surface area contributed by atoms with Crippen LogP contribution >= 0.6 is 0 Å². The molecule has 0 N–H and O–H groups in total. The van der Waals surface area contributed by atoms with Crippen LogP contribution in [0.2, 0.25) is 0 Å². The van der Waals surface area contributed by atoms with Crippen molar-refractivity contribution in [2.75, 3.05) is 0 Å². The fourth-order valence-corrected chi connectivity index (χ4v) is 2.20. The predicted octanol–water partition coefficient (Wildman–Crippen LogP) is 2.28. The fourth-order valence-electron chi connectivity index (χ4n) is 2.20. The summed E-state index contributed by atoms with van der Waals surface area (Å²) in [4.78, 5) is 0. The number of hydrogen-bond donors (Lipinski definition) is 0. The van der Waals surface area contributed by atoms with Crippen LogP contribution in [0.1, 0.15) is 18.4 Å². The molecule has 2 heterocycles. The Hall–Kier alpha value is -1.64. The van der Waals surface area contributed by atoms with E-state index in [0.717, 1.165) is 12.2 Å². The van der Waals surface area contributed by atoms with Gasteiger partial charge in [-0.05, 0) is 24.8 Å². The normalized spacial score (nSPS) is 14.9. The minimum Gasteiger partial charge on any atom is -0.245 e. The maximum atomic E-state index is 4.12. The van der Waals surface area contributed by atoms with Gasteiger partial charge in [-0.15, -0.1) is 5.10 Å². The summed E-state index contributed by atoms with van der Waals surface area (Å²) in [5, 5.41) is 8.12. The Balaban J connectivity index is 2.21. The quantitative estimate of drug-likeness (QED) is 0.651. The number of aromatic nitrogens is 3. The van der Waals surface area contributed by atoms with Gasteiger partial charge in [0.1, 0.15) is 0 Å². The molecule has 1 aromatic heterocycles. The molecule has 0 spiro atoms. The Morgan fingerprint density at radius 2 is 2.07 bits per heavy atom. The van der Waals surface area contributed by atoms with E-state index in [1.54, 1.807) is 0 Å². The van der Waals surface area contributed by atoms with Crippen molar-refractivity contribution < 1.29 is 0 Å². The van der Waals surface area contributed by atoms with Gasteiger partial charge in [0.2, 0.25) is 0 Å². The maximum absolute atomic E-state index is 4.12. The molecule has 0 radical (unpaired) electrons. The Bertz CT molecular complexity index is 473. The van der Waals surface area contributed by atoms with Crippen LogP contribution in [0.25, 0.3) is 11.3 Å². The summed E-state index contributed by atoms with van der Waals surface area (Å²) in [6, 6.07) is 8.56. The van der Waals surface area contributed by atoms with Crippen molar-refractivity contribution in [3.05, 3.63) is 36.0 Å². The number of nitrogens with zero attached hydrogens (tertiary/aromatic N) is 3. The third kappa shape index (κ3) is 1.44. The fraction of sp³-hybridized carbons (Fsp3) is 0.333. The van der Waals surface area contributed by atoms with Crippen molar-refractivity contribution in [1.29, 1.82) is 0 Å². The Morgan fingerprint density at radius 3 is 3.07 bits per heavy atom. The monoisotopic (exact) mass is 199 g/mol. The Labute approximate surface area is 88.7 Å². The second-order valence-electron chi connectivity index (χ2n) is 3.96. The van der Waals surface area contributed by atoms with Gasteiger partial charge in [-0.3, -0.25) is 0 Å². The van der Waals surface area contributed by atoms with Gasteiger partial charge < -0.3 is 0 Å². The summed E-state index contributed by atoms with van der Waals surface area (Å²) in [6.07, 6.45) is 5.45. The van der Waals surface area contributed by atoms with Gasteiger partial charge in [-0.25, -0.2) is 4.68 Å². The number of hydrogen-bond acceptors (Lipinski definition) is 2. The predicted molar refractivity (Wildman–Crippen MR) is 58.4 cm³/mol. The largest absolute Gasteiger partial charge is 0.245 e. The third-order valence-electron chi connectivity index (χ3n) is 2.98. The van der Waals surface area contributed by atoms with Crippen LogP contribution < -0.4 is 0 Å². The van der Waals surface area contributed by atoms with Crippen molar-refractivity contribution >= 4 is 0 Å². The van der Waals surface area contributed by atoms with Gasteiger partial charge in [-0.2, -0.15) is 0 Å². The molecule has 3 heteroatoms. The Kier molecular flexibility index (Phi) is 2.02. The van der Waals surface area contributed by atoms with Crippen LogP contribution in [-0.2, 0) is 13.0 Å². The summed E-state index contributed by atoms with van der Waals surface area (Å²) in [5.41, 5.74) is 3.87. The molecule has 15 heavy (non-hydrogen) atoms. The van der Waals surface area contributed by atoms with Crippen LogP contribution in [0.5, 0.6) is 0 Å². The van der Waals surface area contributed by atoms with Gasteiger partial charge in [0, 0.05) is 12.1 Å². The van der Waals surface area contributed by atoms with Crippen LogP contribution in [0.3, 0.4) is 0 Å². The molecule has 1 aliphatic rings. The lowest BCUT2D eigenvalue weighted by Gasteiger charge is -2.14. The van der Waals surface area contributed by atoms with Gasteiger partial charge in [0.25, 0.3) is 0 Å². The SMILES string of the molecule is c1ccc2c(c1)CCCCn1nncc1-2. The highest BCUT2D eigenvalue weighted by atomic mass is 15.4. The van der Waals surface area contributed by atoms with Crippen molar-refractivity contribution in [3.63, 3.8) is 0 Å². The third-order valence-corrected chi connectivity index (χ3v) is 2.98. The van der Waals surface area contributed by atoms with E-state index in [1.165, 1.54) is 30.4 Å². The molecule has 0 bridgehead atoms. The van der Waals surface area contributed by atoms with Crippen molar-refractivity contribution in [1.82, 2.24) is 15.0 Å². The average molecular weight is 199 g/mol. The molecule has 2 aromatic rings. The lowest BCUT2D eigenvalue weighted by molar-refractivity contribution is 0.539. The molecule has 0 amide bonds. The molecule has 0 fully saturated rings. The molecule has 1 aromatic carbocycles. The molecular formula is C12H13N3. The van der Waals surface area contributed by atoms with Crippen molar-refractivity contribution in [2.45, 2.75) is 25.8 Å². The number of rotatable bonds is 0. The van der Waals surface area contributed by atoms with Crippen LogP contribution in [0, 0.1) is 0 Å². The first-order valence-electron chi connectivity index (χ1n) is 5.42. The molecule has 1 aliphatic heterocycles. The zero-order valence-electron chi connectivity index (χ0n) is 8.56. The Morgan fingerprint density at radius 1 is 1.13 bits per heavy atom. The standard InChI is InChI=1S/C12H13N3/c1-2-7-11-10(5-1)6-3-4-8-15-12(11)9-13-14-15/h1-2,5,7,9H,3-4,6,8H2. The molecule has 3 rings (SSSR count). The first-order chi connectivity index (χ1) is 7.45. The van der Waals surface area contributed by atoms with E-state index in [0.29, 0.717) is 0 Å². The van der Waals surface area contributed by atoms with Crippen molar-refractivity contribution in [3.8, 4) is 11.3 Å². The number of fused-ring (bicyclic) bond motifs is 3. The molecule has 0 aliphatic carbocycles. The average Bonchev–Trinajstić information content (AvgIpc) is 2.69. The molecule has 0 atom stereocenters. The second-order valence-corrected chi connectivity index (χ2v) is 3.96. The van der Waals surface area contributed by atoms with Crippen molar-refractivity contribution in [2.24, 2.45) is 0 Å². The number of benzene rings is 1. The van der Waals surface area contributed by atoms with E-state index in [4.69, 9.17) is 0 Å². The highest BCUT2D eigenvalue weighted by molar-refractivity contribution is 5.63. The van der Waals surface area contributed by atoms with Gasteiger partial charge in [-0.1, -0.05) is 29.5 Å². The van der Waals surface area contributed by atoms with E-state index in [2.05, 4.69) is 34.6 Å². The molecule has 3 nitrogen and oxygen atoms in total.